The van der Waals surface area contributed by atoms with E-state index in [2.05, 4.69) is 20.4 Å². The Bertz CT molecular complexity index is 37.8. The van der Waals surface area contributed by atoms with E-state index in [0.29, 0.717) is 0 Å². The van der Waals surface area contributed by atoms with Crippen molar-refractivity contribution in [3.05, 3.63) is 12.8 Å². The van der Waals surface area contributed by atoms with Crippen LogP contribution in [0.5, 0.6) is 0 Å². The summed E-state index contributed by atoms with van der Waals surface area (Å²) in [5, 5.41) is 7.33. The van der Waals surface area contributed by atoms with Crippen molar-refractivity contribution in [1.29, 1.82) is 0 Å². The Labute approximate surface area is 58.4 Å². The quantitative estimate of drug-likeness (QED) is 0.459. The first kappa shape index (κ1) is 11.4. The molecule has 0 atom stereocenters. The second-order valence-electron chi connectivity index (χ2n) is 1.89. The smallest absolute Gasteiger partial charge is 0.0719 e. The highest BCUT2D eigenvalue weighted by molar-refractivity contribution is 4.38. The van der Waals surface area contributed by atoms with Gasteiger partial charge in [0, 0.05) is 0 Å². The molecule has 0 heterocycles. The maximum absolute atomic E-state index is 7.33. The maximum atomic E-state index is 7.33. The van der Waals surface area contributed by atoms with E-state index < -0.39 is 0 Å². The maximum Gasteiger partial charge on any atom is 0.0719 e. The largest absolute Gasteiger partial charge is 0.516 e. The average molecular weight is 130 g/mol. The van der Waals surface area contributed by atoms with Gasteiger partial charge in [0.15, 0.2) is 0 Å². The van der Waals surface area contributed by atoms with Crippen molar-refractivity contribution in [3.63, 3.8) is 0 Å². The van der Waals surface area contributed by atoms with Gasteiger partial charge in [-0.25, -0.2) is 0 Å². The molecule has 0 radical (unpaired) electrons. The summed E-state index contributed by atoms with van der Waals surface area (Å²) in [5.41, 5.74) is 0. The van der Waals surface area contributed by atoms with Gasteiger partial charge in [-0.15, -0.1) is 0 Å². The lowest BCUT2D eigenvalue weighted by atomic mass is 10.2. The minimum atomic E-state index is 0.750. The molecule has 1 nitrogen and oxygen atoms in total. The molecule has 0 saturated carbocycles. The predicted octanol–water partition coefficient (Wildman–Crippen LogP) is 3.27. The number of aliphatic hydroxyl groups is 1. The van der Waals surface area contributed by atoms with E-state index >= 15 is 0 Å². The summed E-state index contributed by atoms with van der Waals surface area (Å²) in [7, 11) is 0. The first-order chi connectivity index (χ1) is 4.33. The van der Waals surface area contributed by atoms with Crippen molar-refractivity contribution in [3.8, 4) is 0 Å². The van der Waals surface area contributed by atoms with Crippen LogP contribution in [-0.4, -0.2) is 5.11 Å². The van der Waals surface area contributed by atoms with Crippen LogP contribution < -0.4 is 0 Å². The number of rotatable bonds is 3. The zero-order valence-electron chi connectivity index (χ0n) is 6.56. The molecule has 0 aliphatic heterocycles. The van der Waals surface area contributed by atoms with Gasteiger partial charge >= 0.3 is 0 Å². The van der Waals surface area contributed by atoms with Gasteiger partial charge in [0.1, 0.15) is 0 Å². The van der Waals surface area contributed by atoms with Gasteiger partial charge < -0.3 is 5.11 Å². The fourth-order valence-corrected chi connectivity index (χ4v) is 0.500. The van der Waals surface area contributed by atoms with E-state index in [-0.39, 0.29) is 0 Å². The second-order valence-corrected chi connectivity index (χ2v) is 1.89. The third-order valence-corrected chi connectivity index (χ3v) is 0.957. The molecule has 1 heteroatoms. The molecule has 0 unspecified atom stereocenters. The Balaban J connectivity index is 0. The van der Waals surface area contributed by atoms with E-state index in [0.717, 1.165) is 6.26 Å². The molecule has 9 heavy (non-hydrogen) atoms. The molecule has 0 rings (SSSR count). The van der Waals surface area contributed by atoms with Crippen LogP contribution in [0.4, 0.5) is 0 Å². The van der Waals surface area contributed by atoms with Crippen molar-refractivity contribution in [1.82, 2.24) is 0 Å². The summed E-state index contributed by atoms with van der Waals surface area (Å²) in [4.78, 5) is 0. The lowest BCUT2D eigenvalue weighted by Gasteiger charge is -1.86. The van der Waals surface area contributed by atoms with Gasteiger partial charge in [-0.05, 0) is 0 Å². The van der Waals surface area contributed by atoms with Crippen molar-refractivity contribution in [2.75, 3.05) is 0 Å². The number of unbranched alkanes of at least 4 members (excludes halogenated alkanes) is 3. The molecular formula is C8H18O. The van der Waals surface area contributed by atoms with E-state index in [1.165, 1.54) is 25.7 Å². The summed E-state index contributed by atoms with van der Waals surface area (Å²) in [6.07, 6.45) is 6.29. The SMILES string of the molecule is C=CO.CCCCCC. The monoisotopic (exact) mass is 130 g/mol. The summed E-state index contributed by atoms with van der Waals surface area (Å²) >= 11 is 0. The van der Waals surface area contributed by atoms with E-state index in [9.17, 15) is 0 Å². The minimum absolute atomic E-state index is 0.750. The van der Waals surface area contributed by atoms with Crippen molar-refractivity contribution >= 4 is 0 Å². The highest BCUT2D eigenvalue weighted by Crippen LogP contribution is 1.95. The van der Waals surface area contributed by atoms with Gasteiger partial charge in [-0.2, -0.15) is 0 Å². The van der Waals surface area contributed by atoms with Gasteiger partial charge in [0.25, 0.3) is 0 Å². The summed E-state index contributed by atoms with van der Waals surface area (Å²) in [5.74, 6) is 0. The van der Waals surface area contributed by atoms with E-state index in [4.69, 9.17) is 5.11 Å². The van der Waals surface area contributed by atoms with Gasteiger partial charge in [-0.1, -0.05) is 46.1 Å². The second kappa shape index (κ2) is 15.6. The molecule has 0 aliphatic carbocycles. The van der Waals surface area contributed by atoms with Crippen LogP contribution in [0.15, 0.2) is 12.8 Å². The van der Waals surface area contributed by atoms with Crippen molar-refractivity contribution in [2.45, 2.75) is 39.5 Å². The predicted molar refractivity (Wildman–Crippen MR) is 42.6 cm³/mol. The van der Waals surface area contributed by atoms with Crippen LogP contribution >= 0.6 is 0 Å². The minimum Gasteiger partial charge on any atom is -0.516 e. The van der Waals surface area contributed by atoms with Crippen molar-refractivity contribution < 1.29 is 5.11 Å². The molecule has 0 fully saturated rings. The molecule has 1 N–H and O–H groups in total. The lowest BCUT2D eigenvalue weighted by Crippen LogP contribution is -1.66. The fourth-order valence-electron chi connectivity index (χ4n) is 0.500. The molecule has 0 aromatic heterocycles. The summed E-state index contributed by atoms with van der Waals surface area (Å²) < 4.78 is 0. The molecular weight excluding hydrogens is 112 g/mol. The normalized spacial score (nSPS) is 7.33. The van der Waals surface area contributed by atoms with E-state index in [1.807, 2.05) is 0 Å². The number of hydrogen-bond acceptors (Lipinski definition) is 1. The standard InChI is InChI=1S/C6H14.C2H4O/c1-3-5-6-4-2;1-2-3/h3-6H2,1-2H3;2-3H,1H2. The molecule has 0 aromatic rings. The first-order valence-electron chi connectivity index (χ1n) is 3.58. The van der Waals surface area contributed by atoms with Crippen LogP contribution in [0.3, 0.4) is 0 Å². The number of aliphatic hydroxyl groups excluding tert-OH is 1. The Kier molecular flexibility index (Phi) is 19.7. The van der Waals surface area contributed by atoms with Crippen LogP contribution in [0.2, 0.25) is 0 Å². The Morgan fingerprint density at radius 1 is 1.22 bits per heavy atom. The van der Waals surface area contributed by atoms with Gasteiger partial charge in [-0.3, -0.25) is 0 Å². The zero-order chi connectivity index (χ0) is 7.54. The highest BCUT2D eigenvalue weighted by atomic mass is 16.2. The topological polar surface area (TPSA) is 20.2 Å². The number of hydrogen-bond donors (Lipinski definition) is 1. The molecule has 0 aliphatic rings. The highest BCUT2D eigenvalue weighted by Gasteiger charge is 1.75. The zero-order valence-corrected chi connectivity index (χ0v) is 6.56. The van der Waals surface area contributed by atoms with Crippen LogP contribution in [0.1, 0.15) is 39.5 Å². The van der Waals surface area contributed by atoms with Gasteiger partial charge in [0.2, 0.25) is 0 Å². The van der Waals surface area contributed by atoms with Crippen LogP contribution in [-0.2, 0) is 0 Å². The van der Waals surface area contributed by atoms with Crippen LogP contribution in [0, 0.1) is 0 Å². The Morgan fingerprint density at radius 3 is 1.56 bits per heavy atom. The van der Waals surface area contributed by atoms with E-state index in [1.54, 1.807) is 0 Å². The van der Waals surface area contributed by atoms with Gasteiger partial charge in [0.05, 0.1) is 6.26 Å². The molecule has 56 valence electrons. The third kappa shape index (κ3) is 35.9. The first-order valence-corrected chi connectivity index (χ1v) is 3.58. The Hall–Kier alpha value is -0.460. The molecule has 0 saturated heterocycles. The molecule has 0 amide bonds. The average Bonchev–Trinajstić information content (AvgIpc) is 1.86. The lowest BCUT2D eigenvalue weighted by molar-refractivity contribution is 0.476. The fraction of sp³-hybridized carbons (Fsp3) is 0.750. The summed E-state index contributed by atoms with van der Waals surface area (Å²) in [6.45, 7) is 7.38. The summed E-state index contributed by atoms with van der Waals surface area (Å²) in [6, 6.07) is 0. The third-order valence-electron chi connectivity index (χ3n) is 0.957. The van der Waals surface area contributed by atoms with Crippen LogP contribution in [0.25, 0.3) is 0 Å². The molecule has 0 spiro atoms. The van der Waals surface area contributed by atoms with Crippen molar-refractivity contribution in [2.24, 2.45) is 0 Å². The molecule has 0 aromatic carbocycles. The Morgan fingerprint density at radius 2 is 1.44 bits per heavy atom. The molecule has 0 bridgehead atoms.